The van der Waals surface area contributed by atoms with Crippen LogP contribution in [0.3, 0.4) is 0 Å². The Labute approximate surface area is 185 Å². The van der Waals surface area contributed by atoms with Crippen LogP contribution in [0.2, 0.25) is 0 Å². The second-order valence-electron chi connectivity index (χ2n) is 8.21. The van der Waals surface area contributed by atoms with Gasteiger partial charge >= 0.3 is 12.3 Å². The topological polar surface area (TPSA) is 106 Å². The van der Waals surface area contributed by atoms with E-state index in [4.69, 9.17) is 14.2 Å². The number of hydrogen-bond acceptors (Lipinski definition) is 6. The predicted octanol–water partition coefficient (Wildman–Crippen LogP) is 3.24. The highest BCUT2D eigenvalue weighted by Crippen LogP contribution is 2.38. The maximum Gasteiger partial charge on any atom is 0.426 e. The Bertz CT molecular complexity index is 722. The Balaban J connectivity index is 2.99. The summed E-state index contributed by atoms with van der Waals surface area (Å²) in [5.41, 5.74) is -0.159. The number of benzene rings is 1. The number of carbonyl (C=O) groups excluding carboxylic acids is 2. The first-order valence-electron chi connectivity index (χ1n) is 10.1. The Morgan fingerprint density at radius 3 is 2.25 bits per heavy atom. The van der Waals surface area contributed by atoms with E-state index in [1.165, 1.54) is 6.92 Å². The average molecular weight is 464 g/mol. The lowest BCUT2D eigenvalue weighted by Gasteiger charge is -2.34. The number of hydrazine groups is 1. The number of rotatable bonds is 10. The van der Waals surface area contributed by atoms with Crippen molar-refractivity contribution in [1.29, 1.82) is 0 Å². The van der Waals surface area contributed by atoms with Crippen LogP contribution in [0.25, 0.3) is 0 Å². The van der Waals surface area contributed by atoms with E-state index in [0.29, 0.717) is 5.56 Å². The van der Waals surface area contributed by atoms with Crippen molar-refractivity contribution in [2.24, 2.45) is 0 Å². The molecule has 0 bridgehead atoms. The van der Waals surface area contributed by atoms with Gasteiger partial charge in [0.05, 0.1) is 19.3 Å². The number of ether oxygens (including phenoxy) is 3. The third-order valence-electron chi connectivity index (χ3n) is 4.01. The minimum Gasteiger partial charge on any atom is -0.443 e. The summed E-state index contributed by atoms with van der Waals surface area (Å²) >= 11 is 0. The molecule has 1 aromatic carbocycles. The summed E-state index contributed by atoms with van der Waals surface area (Å²) < 4.78 is 57.6. The second kappa shape index (κ2) is 12.0. The van der Waals surface area contributed by atoms with Crippen LogP contribution in [0.4, 0.5) is 18.0 Å². The number of aliphatic hydroxyl groups excluding tert-OH is 1. The minimum absolute atomic E-state index is 0.0592. The van der Waals surface area contributed by atoms with Crippen LogP contribution < -0.4 is 10.9 Å². The van der Waals surface area contributed by atoms with E-state index in [1.54, 1.807) is 56.5 Å². The van der Waals surface area contributed by atoms with E-state index in [9.17, 15) is 27.9 Å². The third-order valence-corrected chi connectivity index (χ3v) is 4.01. The lowest BCUT2D eigenvalue weighted by molar-refractivity contribution is -0.274. The lowest BCUT2D eigenvalue weighted by Crippen LogP contribution is -2.62. The molecule has 0 saturated carbocycles. The van der Waals surface area contributed by atoms with Crippen molar-refractivity contribution >= 4 is 12.0 Å². The summed E-state index contributed by atoms with van der Waals surface area (Å²) in [6.07, 6.45) is -7.97. The van der Waals surface area contributed by atoms with Crippen LogP contribution in [0, 0.1) is 0 Å². The summed E-state index contributed by atoms with van der Waals surface area (Å²) in [5, 5.41) is 9.20. The first-order chi connectivity index (χ1) is 14.8. The van der Waals surface area contributed by atoms with Crippen molar-refractivity contribution in [2.75, 3.05) is 13.2 Å². The highest BCUT2D eigenvalue weighted by atomic mass is 19.4. The van der Waals surface area contributed by atoms with Crippen molar-refractivity contribution < 1.29 is 42.1 Å². The third kappa shape index (κ3) is 9.41. The number of alkyl halides is 3. The number of nitrogens with one attached hydrogen (secondary N) is 2. The van der Waals surface area contributed by atoms with Gasteiger partial charge in [-0.15, -0.1) is 0 Å². The molecule has 0 aliphatic rings. The molecule has 0 aromatic heterocycles. The van der Waals surface area contributed by atoms with Crippen molar-refractivity contribution in [3.63, 3.8) is 0 Å². The number of halogens is 3. The maximum absolute atomic E-state index is 14.2. The summed E-state index contributed by atoms with van der Waals surface area (Å²) in [6.45, 7) is 5.47. The molecule has 2 atom stereocenters. The summed E-state index contributed by atoms with van der Waals surface area (Å²) in [4.78, 5) is 24.4. The molecule has 0 aliphatic heterocycles. The Morgan fingerprint density at radius 1 is 1.09 bits per heavy atom. The predicted molar refractivity (Wildman–Crippen MR) is 109 cm³/mol. The highest BCUT2D eigenvalue weighted by molar-refractivity contribution is 5.87. The van der Waals surface area contributed by atoms with Gasteiger partial charge in [-0.3, -0.25) is 10.2 Å². The molecule has 0 saturated heterocycles. The van der Waals surface area contributed by atoms with Crippen LogP contribution in [0.15, 0.2) is 30.3 Å². The molecule has 8 nitrogen and oxygen atoms in total. The first kappa shape index (κ1) is 27.7. The van der Waals surface area contributed by atoms with Crippen LogP contribution >= 0.6 is 0 Å². The van der Waals surface area contributed by atoms with Crippen LogP contribution in [0.5, 0.6) is 0 Å². The Hall–Kier alpha value is -2.37. The largest absolute Gasteiger partial charge is 0.443 e. The molecule has 1 aromatic rings. The molecule has 0 radical (unpaired) electrons. The molecule has 1 unspecified atom stereocenters. The molecular weight excluding hydrogens is 433 g/mol. The normalized spacial score (nSPS) is 14.9. The van der Waals surface area contributed by atoms with Crippen molar-refractivity contribution in [3.05, 3.63) is 35.9 Å². The van der Waals surface area contributed by atoms with Gasteiger partial charge in [0.15, 0.2) is 0 Å². The number of amides is 2. The number of hydrogen-bond donors (Lipinski definition) is 3. The number of carbonyl (C=O) groups is 2. The second-order valence-corrected chi connectivity index (χ2v) is 8.21. The maximum atomic E-state index is 14.2. The molecule has 11 heteroatoms. The highest BCUT2D eigenvalue weighted by Gasteiger charge is 2.61. The summed E-state index contributed by atoms with van der Waals surface area (Å²) in [5.74, 6) is -1.60. The Kier molecular flexibility index (Phi) is 10.4. The molecule has 2 amide bonds. The van der Waals surface area contributed by atoms with Gasteiger partial charge in [0.25, 0.3) is 5.91 Å². The molecular formula is C21H31F3N2O6. The molecule has 182 valence electrons. The van der Waals surface area contributed by atoms with Crippen LogP contribution in [-0.2, 0) is 25.6 Å². The van der Waals surface area contributed by atoms with Gasteiger partial charge in [-0.25, -0.2) is 10.2 Å². The van der Waals surface area contributed by atoms with Gasteiger partial charge in [0, 0.05) is 6.61 Å². The van der Waals surface area contributed by atoms with E-state index in [1.807, 2.05) is 5.43 Å². The van der Waals surface area contributed by atoms with Crippen LogP contribution in [-0.4, -0.2) is 53.8 Å². The molecule has 3 N–H and O–H groups in total. The minimum atomic E-state index is -5.11. The van der Waals surface area contributed by atoms with Crippen LogP contribution in [0.1, 0.15) is 46.1 Å². The zero-order valence-electron chi connectivity index (χ0n) is 18.6. The van der Waals surface area contributed by atoms with Crippen molar-refractivity contribution in [2.45, 2.75) is 70.6 Å². The van der Waals surface area contributed by atoms with Gasteiger partial charge in [0.1, 0.15) is 5.60 Å². The molecule has 1 rings (SSSR count). The van der Waals surface area contributed by atoms with Crippen molar-refractivity contribution in [3.8, 4) is 0 Å². The molecule has 0 spiro atoms. The van der Waals surface area contributed by atoms with E-state index < -0.39 is 48.5 Å². The Morgan fingerprint density at radius 2 is 1.72 bits per heavy atom. The van der Waals surface area contributed by atoms with Gasteiger partial charge in [0.2, 0.25) is 5.60 Å². The SMILES string of the molecule is C[C@H](O)COCCCC(OCc1ccccc1)(C(=O)NNC(=O)OC(C)(C)C)C(F)(F)F. The first-order valence-corrected chi connectivity index (χ1v) is 10.1. The molecule has 0 fully saturated rings. The quantitative estimate of drug-likeness (QED) is 0.363. The van der Waals surface area contributed by atoms with Crippen molar-refractivity contribution in [1.82, 2.24) is 10.9 Å². The fourth-order valence-electron chi connectivity index (χ4n) is 2.57. The van der Waals surface area contributed by atoms with Gasteiger partial charge in [-0.2, -0.15) is 13.2 Å². The standard InChI is InChI=1S/C21H31F3N2O6/c1-15(27)13-30-12-8-11-20(21(22,23)24,31-14-16-9-6-5-7-10-16)17(28)25-26-18(29)32-19(2,3)4/h5-7,9-10,15,27H,8,11-14H2,1-4H3,(H,25,28)(H,26,29)/t15-,20?/m0/s1. The number of aliphatic hydroxyl groups is 1. The molecule has 0 heterocycles. The monoisotopic (exact) mass is 464 g/mol. The fraction of sp³-hybridized carbons (Fsp3) is 0.619. The fourth-order valence-corrected chi connectivity index (χ4v) is 2.57. The zero-order valence-corrected chi connectivity index (χ0v) is 18.6. The van der Waals surface area contributed by atoms with E-state index in [2.05, 4.69) is 0 Å². The summed E-state index contributed by atoms with van der Waals surface area (Å²) in [6, 6.07) is 8.06. The molecule has 0 aliphatic carbocycles. The zero-order chi connectivity index (χ0) is 24.4. The summed E-state index contributed by atoms with van der Waals surface area (Å²) in [7, 11) is 0. The van der Waals surface area contributed by atoms with Gasteiger partial charge in [-0.05, 0) is 46.1 Å². The smallest absolute Gasteiger partial charge is 0.426 e. The molecule has 32 heavy (non-hydrogen) atoms. The average Bonchev–Trinajstić information content (AvgIpc) is 2.66. The van der Waals surface area contributed by atoms with E-state index in [0.717, 1.165) is 0 Å². The lowest BCUT2D eigenvalue weighted by atomic mass is 9.95. The van der Waals surface area contributed by atoms with Gasteiger partial charge < -0.3 is 19.3 Å². The van der Waals surface area contributed by atoms with E-state index >= 15 is 0 Å². The van der Waals surface area contributed by atoms with Gasteiger partial charge in [-0.1, -0.05) is 30.3 Å². The van der Waals surface area contributed by atoms with E-state index in [-0.39, 0.29) is 19.6 Å².